The van der Waals surface area contributed by atoms with Crippen molar-refractivity contribution < 1.29 is 9.90 Å². The lowest BCUT2D eigenvalue weighted by atomic mass is 9.76. The van der Waals surface area contributed by atoms with Gasteiger partial charge in [0.15, 0.2) is 0 Å². The molecule has 0 aliphatic carbocycles. The fourth-order valence-electron chi connectivity index (χ4n) is 4.01. The number of carbonyl (C=O) groups is 1. The largest absolute Gasteiger partial charge is 0.478 e. The van der Waals surface area contributed by atoms with Gasteiger partial charge in [-0.1, -0.05) is 76.9 Å². The van der Waals surface area contributed by atoms with E-state index in [9.17, 15) is 4.79 Å². The van der Waals surface area contributed by atoms with Crippen LogP contribution in [0.5, 0.6) is 0 Å². The van der Waals surface area contributed by atoms with E-state index in [2.05, 4.69) is 58.0 Å². The highest BCUT2D eigenvalue weighted by atomic mass is 16.4. The summed E-state index contributed by atoms with van der Waals surface area (Å²) in [6, 6.07) is 18.3. The van der Waals surface area contributed by atoms with Crippen molar-refractivity contribution in [1.82, 2.24) is 0 Å². The first kappa shape index (κ1) is 20.1. The Labute approximate surface area is 168 Å². The number of benzene rings is 3. The van der Waals surface area contributed by atoms with Crippen molar-refractivity contribution in [2.75, 3.05) is 0 Å². The van der Waals surface area contributed by atoms with Crippen LogP contribution in [0.4, 0.5) is 0 Å². The predicted molar refractivity (Wildman–Crippen MR) is 118 cm³/mol. The molecule has 3 rings (SSSR count). The van der Waals surface area contributed by atoms with Crippen molar-refractivity contribution in [3.05, 3.63) is 71.3 Å². The third kappa shape index (κ3) is 4.11. The van der Waals surface area contributed by atoms with Crippen LogP contribution in [0.2, 0.25) is 0 Å². The fourth-order valence-corrected chi connectivity index (χ4v) is 4.01. The van der Waals surface area contributed by atoms with Crippen LogP contribution in [-0.2, 0) is 11.8 Å². The predicted octanol–water partition coefficient (Wildman–Crippen LogP) is 7.24. The lowest BCUT2D eigenvalue weighted by Crippen LogP contribution is -2.19. The Balaban J connectivity index is 2.03. The van der Waals surface area contributed by atoms with E-state index in [1.807, 2.05) is 12.1 Å². The zero-order valence-corrected chi connectivity index (χ0v) is 17.4. The van der Waals surface area contributed by atoms with Gasteiger partial charge in [-0.2, -0.15) is 0 Å². The number of unbranched alkanes of at least 4 members (excludes halogenated alkanes) is 1. The smallest absolute Gasteiger partial charge is 0.335 e. The van der Waals surface area contributed by atoms with Gasteiger partial charge in [-0.25, -0.2) is 4.79 Å². The minimum atomic E-state index is -0.893. The molecule has 0 aliphatic heterocycles. The van der Waals surface area contributed by atoms with Crippen molar-refractivity contribution in [2.24, 2.45) is 0 Å². The molecule has 0 heterocycles. The number of rotatable bonds is 7. The minimum Gasteiger partial charge on any atom is -0.478 e. The summed E-state index contributed by atoms with van der Waals surface area (Å²) in [7, 11) is 0. The van der Waals surface area contributed by atoms with Gasteiger partial charge in [0.2, 0.25) is 0 Å². The summed E-state index contributed by atoms with van der Waals surface area (Å²) < 4.78 is 0. The molecule has 0 fully saturated rings. The molecule has 2 nitrogen and oxygen atoms in total. The van der Waals surface area contributed by atoms with E-state index in [1.165, 1.54) is 41.2 Å². The molecule has 146 valence electrons. The quantitative estimate of drug-likeness (QED) is 0.473. The number of hydrogen-bond acceptors (Lipinski definition) is 1. The van der Waals surface area contributed by atoms with Crippen molar-refractivity contribution in [2.45, 2.75) is 58.8 Å². The minimum absolute atomic E-state index is 0.181. The molecule has 3 aromatic carbocycles. The van der Waals surface area contributed by atoms with E-state index in [0.29, 0.717) is 5.56 Å². The third-order valence-electron chi connectivity index (χ3n) is 5.79. The molecular formula is C26H30O2. The van der Waals surface area contributed by atoms with Gasteiger partial charge in [0.05, 0.1) is 5.56 Å². The summed E-state index contributed by atoms with van der Waals surface area (Å²) in [6.45, 7) is 9.21. The summed E-state index contributed by atoms with van der Waals surface area (Å²) >= 11 is 0. The molecule has 0 aromatic heterocycles. The first-order valence-corrected chi connectivity index (χ1v) is 10.3. The zero-order chi connectivity index (χ0) is 20.3. The highest BCUT2D eigenvalue weighted by Gasteiger charge is 2.23. The van der Waals surface area contributed by atoms with Gasteiger partial charge < -0.3 is 5.11 Å². The summed E-state index contributed by atoms with van der Waals surface area (Å²) in [5, 5.41) is 11.6. The van der Waals surface area contributed by atoms with E-state index >= 15 is 0 Å². The van der Waals surface area contributed by atoms with E-state index < -0.39 is 5.97 Å². The Hall–Kier alpha value is -2.61. The number of fused-ring (bicyclic) bond motifs is 1. The Bertz CT molecular complexity index is 981. The molecule has 0 radical (unpaired) electrons. The highest BCUT2D eigenvalue weighted by Crippen LogP contribution is 2.35. The van der Waals surface area contributed by atoms with Crippen molar-refractivity contribution in [3.63, 3.8) is 0 Å². The summed E-state index contributed by atoms with van der Waals surface area (Å²) in [6.07, 6.45) is 4.70. The second-order valence-corrected chi connectivity index (χ2v) is 8.29. The molecule has 1 N–H and O–H groups in total. The number of hydrogen-bond donors (Lipinski definition) is 1. The highest BCUT2D eigenvalue weighted by molar-refractivity contribution is 5.90. The van der Waals surface area contributed by atoms with Gasteiger partial charge in [0.1, 0.15) is 0 Å². The second-order valence-electron chi connectivity index (χ2n) is 8.29. The Morgan fingerprint density at radius 2 is 1.57 bits per heavy atom. The monoisotopic (exact) mass is 374 g/mol. The molecular weight excluding hydrogens is 344 g/mol. The maximum Gasteiger partial charge on any atom is 0.335 e. The molecule has 0 atom stereocenters. The van der Waals surface area contributed by atoms with Crippen molar-refractivity contribution in [3.8, 4) is 11.1 Å². The first-order chi connectivity index (χ1) is 13.4. The Morgan fingerprint density at radius 1 is 0.893 bits per heavy atom. The average Bonchev–Trinajstić information content (AvgIpc) is 2.70. The molecule has 0 spiro atoms. The van der Waals surface area contributed by atoms with Gasteiger partial charge in [-0.05, 0) is 69.5 Å². The number of aryl methyl sites for hydroxylation is 1. The van der Waals surface area contributed by atoms with E-state index in [1.54, 1.807) is 12.1 Å². The molecule has 0 aliphatic rings. The van der Waals surface area contributed by atoms with Crippen molar-refractivity contribution >= 4 is 16.7 Å². The molecule has 3 aromatic rings. The van der Waals surface area contributed by atoms with Crippen LogP contribution in [0.25, 0.3) is 21.9 Å². The molecule has 0 amide bonds. The fraction of sp³-hybridized carbons (Fsp3) is 0.346. The number of carboxylic acid groups (broad SMARTS) is 1. The van der Waals surface area contributed by atoms with Gasteiger partial charge in [-0.15, -0.1) is 0 Å². The molecule has 0 unspecified atom stereocenters. The van der Waals surface area contributed by atoms with Gasteiger partial charge in [-0.3, -0.25) is 0 Å². The van der Waals surface area contributed by atoms with Crippen LogP contribution in [0, 0.1) is 0 Å². The Kier molecular flexibility index (Phi) is 5.88. The molecule has 28 heavy (non-hydrogen) atoms. The zero-order valence-electron chi connectivity index (χ0n) is 17.4. The molecule has 2 heteroatoms. The summed E-state index contributed by atoms with van der Waals surface area (Å²) in [5.41, 5.74) is 5.54. The first-order valence-electron chi connectivity index (χ1n) is 10.3. The normalized spacial score (nSPS) is 11.7. The van der Waals surface area contributed by atoms with Crippen LogP contribution in [0.1, 0.15) is 68.4 Å². The molecule has 0 saturated carbocycles. The van der Waals surface area contributed by atoms with E-state index in [4.69, 9.17) is 5.11 Å². The average molecular weight is 375 g/mol. The third-order valence-corrected chi connectivity index (χ3v) is 5.79. The number of aromatic carboxylic acids is 1. The lowest BCUT2D eigenvalue weighted by molar-refractivity contribution is 0.0697. The van der Waals surface area contributed by atoms with Crippen LogP contribution < -0.4 is 0 Å². The molecule has 0 saturated heterocycles. The maximum atomic E-state index is 11.1. The van der Waals surface area contributed by atoms with Crippen LogP contribution in [0.15, 0.2) is 54.6 Å². The Morgan fingerprint density at radius 3 is 2.18 bits per heavy atom. The van der Waals surface area contributed by atoms with Crippen LogP contribution in [0.3, 0.4) is 0 Å². The van der Waals surface area contributed by atoms with Gasteiger partial charge in [0.25, 0.3) is 0 Å². The standard InChI is InChI=1S/C26H30O2/c1-5-7-14-26(3,4)24-17-22-13-12-21(16-23(22)15-18(24)6-2)19-8-10-20(11-9-19)25(27)28/h8-13,15-17H,5-7,14H2,1-4H3,(H,27,28). The van der Waals surface area contributed by atoms with Crippen LogP contribution >= 0.6 is 0 Å². The van der Waals surface area contributed by atoms with Gasteiger partial charge in [0, 0.05) is 0 Å². The molecule has 0 bridgehead atoms. The second kappa shape index (κ2) is 8.18. The van der Waals surface area contributed by atoms with Crippen molar-refractivity contribution in [1.29, 1.82) is 0 Å². The maximum absolute atomic E-state index is 11.1. The van der Waals surface area contributed by atoms with E-state index in [0.717, 1.165) is 17.5 Å². The van der Waals surface area contributed by atoms with E-state index in [-0.39, 0.29) is 5.41 Å². The summed E-state index contributed by atoms with van der Waals surface area (Å²) in [5.74, 6) is -0.893. The summed E-state index contributed by atoms with van der Waals surface area (Å²) in [4.78, 5) is 11.1. The number of carboxylic acids is 1. The van der Waals surface area contributed by atoms with Gasteiger partial charge >= 0.3 is 5.97 Å². The SMILES string of the molecule is CCCCC(C)(C)c1cc2ccc(-c3ccc(C(=O)O)cc3)cc2cc1CC. The van der Waals surface area contributed by atoms with Crippen LogP contribution in [-0.4, -0.2) is 11.1 Å². The topological polar surface area (TPSA) is 37.3 Å². The lowest BCUT2D eigenvalue weighted by Gasteiger charge is -2.28.